The fraction of sp³-hybridized carbons (Fsp3) is 0.300. The van der Waals surface area contributed by atoms with Gasteiger partial charge in [-0.25, -0.2) is 0 Å². The van der Waals surface area contributed by atoms with Crippen molar-refractivity contribution in [2.24, 2.45) is 0 Å². The molecule has 2 amide bonds. The van der Waals surface area contributed by atoms with E-state index in [2.05, 4.69) is 0 Å². The number of hydrogen-bond acceptors (Lipinski definition) is 4. The number of benzene rings is 2. The monoisotopic (exact) mass is 339 g/mol. The maximum Gasteiger partial charge on any atom is 0.237 e. The Hall–Kier alpha value is -2.82. The third-order valence-electron chi connectivity index (χ3n) is 4.52. The summed E-state index contributed by atoms with van der Waals surface area (Å²) >= 11 is 0. The van der Waals surface area contributed by atoms with Crippen LogP contribution < -0.4 is 9.47 Å². The van der Waals surface area contributed by atoms with E-state index in [9.17, 15) is 9.59 Å². The zero-order valence-electron chi connectivity index (χ0n) is 14.4. The Morgan fingerprint density at radius 3 is 2.40 bits per heavy atom. The molecule has 2 aromatic carbocycles. The molecule has 0 saturated carbocycles. The van der Waals surface area contributed by atoms with E-state index in [1.165, 1.54) is 4.90 Å². The Labute approximate surface area is 147 Å². The second-order valence-electron chi connectivity index (χ2n) is 5.99. The molecule has 3 rings (SSSR count). The number of rotatable bonds is 6. The van der Waals surface area contributed by atoms with Gasteiger partial charge in [-0.2, -0.15) is 0 Å². The van der Waals surface area contributed by atoms with E-state index in [1.54, 1.807) is 14.2 Å². The average molecular weight is 339 g/mol. The molecule has 1 atom stereocenters. The molecule has 1 aliphatic rings. The maximum atomic E-state index is 12.6. The number of likely N-dealkylation sites (tertiary alicyclic amines) is 1. The molecule has 1 heterocycles. The molecule has 1 fully saturated rings. The largest absolute Gasteiger partial charge is 0.493 e. The van der Waals surface area contributed by atoms with Gasteiger partial charge in [-0.15, -0.1) is 0 Å². The normalized spacial score (nSPS) is 17.0. The molecule has 1 saturated heterocycles. The van der Waals surface area contributed by atoms with Crippen LogP contribution in [0.15, 0.2) is 48.5 Å². The van der Waals surface area contributed by atoms with Gasteiger partial charge in [0.25, 0.3) is 0 Å². The third kappa shape index (κ3) is 3.50. The van der Waals surface area contributed by atoms with Crippen LogP contribution in [0.2, 0.25) is 0 Å². The summed E-state index contributed by atoms with van der Waals surface area (Å²) in [7, 11) is 3.17. The first-order chi connectivity index (χ1) is 12.1. The molecule has 130 valence electrons. The number of amides is 2. The SMILES string of the molecule is COc1ccc(CCN2C(=O)CC(c3ccccc3)C2=O)cc1OC. The molecule has 0 aromatic heterocycles. The van der Waals surface area contributed by atoms with Crippen molar-refractivity contribution in [1.29, 1.82) is 0 Å². The van der Waals surface area contributed by atoms with Gasteiger partial charge in [0.1, 0.15) is 0 Å². The summed E-state index contributed by atoms with van der Waals surface area (Å²) in [4.78, 5) is 26.3. The summed E-state index contributed by atoms with van der Waals surface area (Å²) in [6.45, 7) is 0.372. The number of methoxy groups -OCH3 is 2. The molecular weight excluding hydrogens is 318 g/mol. The fourth-order valence-corrected chi connectivity index (χ4v) is 3.14. The van der Waals surface area contributed by atoms with E-state index in [0.717, 1.165) is 11.1 Å². The highest BCUT2D eigenvalue weighted by Crippen LogP contribution is 2.31. The molecule has 1 unspecified atom stereocenters. The molecule has 5 heteroatoms. The molecule has 0 aliphatic carbocycles. The summed E-state index contributed by atoms with van der Waals surface area (Å²) in [5.41, 5.74) is 1.89. The van der Waals surface area contributed by atoms with Gasteiger partial charge >= 0.3 is 0 Å². The molecular formula is C20H21NO4. The fourth-order valence-electron chi connectivity index (χ4n) is 3.14. The second kappa shape index (κ2) is 7.38. The van der Waals surface area contributed by atoms with Gasteiger partial charge in [0, 0.05) is 13.0 Å². The van der Waals surface area contributed by atoms with Crippen molar-refractivity contribution < 1.29 is 19.1 Å². The van der Waals surface area contributed by atoms with E-state index in [-0.39, 0.29) is 24.2 Å². The zero-order chi connectivity index (χ0) is 17.8. The third-order valence-corrected chi connectivity index (χ3v) is 4.52. The number of hydrogen-bond donors (Lipinski definition) is 0. The van der Waals surface area contributed by atoms with Gasteiger partial charge < -0.3 is 9.47 Å². The Kier molecular flexibility index (Phi) is 5.03. The van der Waals surface area contributed by atoms with E-state index in [0.29, 0.717) is 24.5 Å². The first-order valence-corrected chi connectivity index (χ1v) is 8.24. The van der Waals surface area contributed by atoms with Crippen LogP contribution in [0.4, 0.5) is 0 Å². The van der Waals surface area contributed by atoms with Crippen molar-refractivity contribution >= 4 is 11.8 Å². The second-order valence-corrected chi connectivity index (χ2v) is 5.99. The van der Waals surface area contributed by atoms with Gasteiger partial charge in [-0.05, 0) is 29.7 Å². The molecule has 0 N–H and O–H groups in total. The molecule has 0 spiro atoms. The minimum atomic E-state index is -0.362. The highest BCUT2D eigenvalue weighted by atomic mass is 16.5. The lowest BCUT2D eigenvalue weighted by Gasteiger charge is -2.16. The minimum Gasteiger partial charge on any atom is -0.493 e. The average Bonchev–Trinajstić information content (AvgIpc) is 2.94. The highest BCUT2D eigenvalue weighted by Gasteiger charge is 2.38. The number of nitrogens with zero attached hydrogens (tertiary/aromatic N) is 1. The van der Waals surface area contributed by atoms with Crippen LogP contribution in [-0.4, -0.2) is 37.5 Å². The summed E-state index contributed by atoms with van der Waals surface area (Å²) in [5, 5.41) is 0. The zero-order valence-corrected chi connectivity index (χ0v) is 14.4. The van der Waals surface area contributed by atoms with E-state index in [1.807, 2.05) is 48.5 Å². The number of imide groups is 1. The van der Waals surface area contributed by atoms with E-state index < -0.39 is 0 Å². The lowest BCUT2D eigenvalue weighted by Crippen LogP contribution is -2.32. The van der Waals surface area contributed by atoms with Crippen molar-refractivity contribution in [2.75, 3.05) is 20.8 Å². The van der Waals surface area contributed by atoms with Crippen molar-refractivity contribution in [1.82, 2.24) is 4.90 Å². The minimum absolute atomic E-state index is 0.112. The highest BCUT2D eigenvalue weighted by molar-refractivity contribution is 6.06. The molecule has 0 radical (unpaired) electrons. The van der Waals surface area contributed by atoms with Gasteiger partial charge in [-0.3, -0.25) is 14.5 Å². The number of carbonyl (C=O) groups is 2. The topological polar surface area (TPSA) is 55.8 Å². The Morgan fingerprint density at radius 2 is 1.72 bits per heavy atom. The lowest BCUT2D eigenvalue weighted by atomic mass is 9.98. The molecule has 1 aliphatic heterocycles. The quantitative estimate of drug-likeness (QED) is 0.760. The Morgan fingerprint density at radius 1 is 1.00 bits per heavy atom. The van der Waals surface area contributed by atoms with Crippen molar-refractivity contribution in [3.05, 3.63) is 59.7 Å². The summed E-state index contributed by atoms with van der Waals surface area (Å²) < 4.78 is 10.5. The van der Waals surface area contributed by atoms with Crippen LogP contribution in [0.1, 0.15) is 23.5 Å². The maximum absolute atomic E-state index is 12.6. The molecule has 5 nitrogen and oxygen atoms in total. The van der Waals surface area contributed by atoms with Crippen LogP contribution in [0, 0.1) is 0 Å². The summed E-state index contributed by atoms with van der Waals surface area (Å²) in [6, 6.07) is 15.1. The summed E-state index contributed by atoms with van der Waals surface area (Å²) in [5.74, 6) is 0.708. The van der Waals surface area contributed by atoms with Crippen molar-refractivity contribution in [3.63, 3.8) is 0 Å². The van der Waals surface area contributed by atoms with E-state index >= 15 is 0 Å². The van der Waals surface area contributed by atoms with Crippen LogP contribution in [0.3, 0.4) is 0 Å². The predicted octanol–water partition coefficient (Wildman–Crippen LogP) is 2.79. The predicted molar refractivity (Wildman–Crippen MR) is 93.8 cm³/mol. The molecule has 0 bridgehead atoms. The molecule has 25 heavy (non-hydrogen) atoms. The smallest absolute Gasteiger partial charge is 0.237 e. The van der Waals surface area contributed by atoms with E-state index in [4.69, 9.17) is 9.47 Å². The van der Waals surface area contributed by atoms with Crippen molar-refractivity contribution in [2.45, 2.75) is 18.8 Å². The van der Waals surface area contributed by atoms with Gasteiger partial charge in [0.2, 0.25) is 11.8 Å². The van der Waals surface area contributed by atoms with Gasteiger partial charge in [0.15, 0.2) is 11.5 Å². The lowest BCUT2D eigenvalue weighted by molar-refractivity contribution is -0.138. The summed E-state index contributed by atoms with van der Waals surface area (Å²) in [6.07, 6.45) is 0.828. The Balaban J connectivity index is 1.69. The first kappa shape index (κ1) is 17.0. The molecule has 2 aromatic rings. The first-order valence-electron chi connectivity index (χ1n) is 8.24. The van der Waals surface area contributed by atoms with Crippen molar-refractivity contribution in [3.8, 4) is 11.5 Å². The Bertz CT molecular complexity index is 773. The van der Waals surface area contributed by atoms with Crippen LogP contribution >= 0.6 is 0 Å². The van der Waals surface area contributed by atoms with Crippen LogP contribution in [0.25, 0.3) is 0 Å². The van der Waals surface area contributed by atoms with Crippen LogP contribution in [0.5, 0.6) is 11.5 Å². The van der Waals surface area contributed by atoms with Gasteiger partial charge in [-0.1, -0.05) is 36.4 Å². The number of carbonyl (C=O) groups excluding carboxylic acids is 2. The standard InChI is InChI=1S/C20H21NO4/c1-24-17-9-8-14(12-18(17)25-2)10-11-21-19(22)13-16(20(21)23)15-6-4-3-5-7-15/h3-9,12,16H,10-11,13H2,1-2H3. The van der Waals surface area contributed by atoms with Crippen LogP contribution in [-0.2, 0) is 16.0 Å². The number of ether oxygens (including phenoxy) is 2. The van der Waals surface area contributed by atoms with Gasteiger partial charge in [0.05, 0.1) is 20.1 Å².